The Morgan fingerprint density at radius 2 is 1.74 bits per heavy atom. The molecule has 0 bridgehead atoms. The smallest absolute Gasteiger partial charge is 0.340 e. The average Bonchev–Trinajstić information content (AvgIpc) is 3.38. The molecule has 2 aromatic heterocycles. The second-order valence-electron chi connectivity index (χ2n) is 5.36. The topological polar surface area (TPSA) is 72.5 Å². The molecule has 0 atom stereocenters. The number of thiophene rings is 2. The fraction of sp³-hybridized carbons (Fsp3) is 0.0500. The first-order valence-electron chi connectivity index (χ1n) is 7.99. The number of hydrogen-bond acceptors (Lipinski definition) is 6. The van der Waals surface area contributed by atoms with E-state index in [1.165, 1.54) is 34.8 Å². The summed E-state index contributed by atoms with van der Waals surface area (Å²) in [6, 6.07) is 13.7. The molecule has 0 aliphatic heterocycles. The fourth-order valence-corrected chi connectivity index (χ4v) is 3.47. The van der Waals surface area contributed by atoms with Gasteiger partial charge in [0.25, 0.3) is 0 Å². The molecular weight excluding hydrogens is 382 g/mol. The third-order valence-electron chi connectivity index (χ3n) is 3.48. The molecule has 3 rings (SSSR count). The molecule has 27 heavy (non-hydrogen) atoms. The van der Waals surface area contributed by atoms with Gasteiger partial charge in [-0.15, -0.1) is 22.7 Å². The largest absolute Gasteiger partial charge is 0.454 e. The van der Waals surface area contributed by atoms with Gasteiger partial charge in [0, 0.05) is 11.0 Å². The summed E-state index contributed by atoms with van der Waals surface area (Å²) in [6.07, 6.45) is 3.09. The maximum Gasteiger partial charge on any atom is 0.340 e. The molecule has 2 heterocycles. The number of carbonyl (C=O) groups is 3. The molecule has 0 spiro atoms. The van der Waals surface area contributed by atoms with Crippen molar-refractivity contribution in [1.82, 2.24) is 0 Å². The minimum absolute atomic E-state index is 0.189. The lowest BCUT2D eigenvalue weighted by molar-refractivity contribution is -0.111. The van der Waals surface area contributed by atoms with Crippen molar-refractivity contribution in [3.63, 3.8) is 0 Å². The normalized spacial score (nSPS) is 10.7. The second-order valence-corrected chi connectivity index (χ2v) is 7.29. The SMILES string of the molecule is O=C(/C=C/c1cccs1)Nc1ccccc1C(=O)OCC(=O)c1cccs1. The van der Waals surface area contributed by atoms with Gasteiger partial charge < -0.3 is 10.1 Å². The predicted molar refractivity (Wildman–Crippen MR) is 107 cm³/mol. The zero-order valence-corrected chi connectivity index (χ0v) is 15.7. The van der Waals surface area contributed by atoms with E-state index in [9.17, 15) is 14.4 Å². The number of hydrogen-bond donors (Lipinski definition) is 1. The van der Waals surface area contributed by atoms with Gasteiger partial charge in [0.1, 0.15) is 0 Å². The van der Waals surface area contributed by atoms with Gasteiger partial charge in [-0.1, -0.05) is 24.3 Å². The lowest BCUT2D eigenvalue weighted by Crippen LogP contribution is -2.16. The van der Waals surface area contributed by atoms with Gasteiger partial charge in [0.05, 0.1) is 16.1 Å². The van der Waals surface area contributed by atoms with E-state index in [2.05, 4.69) is 5.32 Å². The summed E-state index contributed by atoms with van der Waals surface area (Å²) in [5, 5.41) is 6.36. The van der Waals surface area contributed by atoms with Crippen molar-refractivity contribution >= 4 is 52.1 Å². The standard InChI is InChI=1S/C20H15NO4S2/c22-17(18-8-4-12-27-18)13-25-20(24)15-6-1-2-7-16(15)21-19(23)10-9-14-5-3-11-26-14/h1-12H,13H2,(H,21,23)/b10-9+. The minimum atomic E-state index is -0.668. The van der Waals surface area contributed by atoms with Crippen molar-refractivity contribution < 1.29 is 19.1 Å². The van der Waals surface area contributed by atoms with Crippen LogP contribution in [0.15, 0.2) is 65.4 Å². The lowest BCUT2D eigenvalue weighted by Gasteiger charge is -2.09. The highest BCUT2D eigenvalue weighted by Gasteiger charge is 2.16. The van der Waals surface area contributed by atoms with Crippen LogP contribution in [0.5, 0.6) is 0 Å². The molecule has 0 saturated carbocycles. The third kappa shape index (κ3) is 5.22. The second kappa shape index (κ2) is 9.07. The molecule has 0 fully saturated rings. The van der Waals surface area contributed by atoms with Gasteiger partial charge in [-0.25, -0.2) is 4.79 Å². The molecule has 0 aliphatic rings. The van der Waals surface area contributed by atoms with Crippen molar-refractivity contribution in [2.45, 2.75) is 0 Å². The number of carbonyl (C=O) groups excluding carboxylic acids is 3. The molecule has 0 aliphatic carbocycles. The molecular formula is C20H15NO4S2. The minimum Gasteiger partial charge on any atom is -0.454 e. The Morgan fingerprint density at radius 1 is 0.963 bits per heavy atom. The van der Waals surface area contributed by atoms with Crippen LogP contribution in [0.2, 0.25) is 0 Å². The Balaban J connectivity index is 1.63. The van der Waals surface area contributed by atoms with Crippen molar-refractivity contribution in [2.24, 2.45) is 0 Å². The van der Waals surface area contributed by atoms with Crippen LogP contribution in [0.3, 0.4) is 0 Å². The summed E-state index contributed by atoms with van der Waals surface area (Å²) >= 11 is 2.81. The summed E-state index contributed by atoms with van der Waals surface area (Å²) in [4.78, 5) is 37.9. The number of nitrogens with one attached hydrogen (secondary N) is 1. The van der Waals surface area contributed by atoms with Crippen LogP contribution in [0.25, 0.3) is 6.08 Å². The van der Waals surface area contributed by atoms with Gasteiger partial charge in [-0.2, -0.15) is 0 Å². The Morgan fingerprint density at radius 3 is 2.48 bits per heavy atom. The van der Waals surface area contributed by atoms with E-state index in [1.54, 1.807) is 41.8 Å². The highest BCUT2D eigenvalue weighted by molar-refractivity contribution is 7.12. The van der Waals surface area contributed by atoms with Crippen molar-refractivity contribution in [2.75, 3.05) is 11.9 Å². The zero-order valence-electron chi connectivity index (χ0n) is 14.1. The molecule has 0 saturated heterocycles. The summed E-state index contributed by atoms with van der Waals surface area (Å²) in [7, 11) is 0. The Labute approximate surface area is 163 Å². The number of benzene rings is 1. The molecule has 136 valence electrons. The van der Waals surface area contributed by atoms with Gasteiger partial charge in [0.2, 0.25) is 11.7 Å². The number of Topliss-reactive ketones (excluding diaryl/α,β-unsaturated/α-hetero) is 1. The van der Waals surface area contributed by atoms with E-state index < -0.39 is 5.97 Å². The van der Waals surface area contributed by atoms with E-state index >= 15 is 0 Å². The first-order chi connectivity index (χ1) is 13.1. The Bertz CT molecular complexity index is 960. The fourth-order valence-electron chi connectivity index (χ4n) is 2.21. The van der Waals surface area contributed by atoms with Gasteiger partial charge >= 0.3 is 5.97 Å². The molecule has 1 N–H and O–H groups in total. The number of rotatable bonds is 7. The number of para-hydroxylation sites is 1. The van der Waals surface area contributed by atoms with Crippen LogP contribution >= 0.6 is 22.7 Å². The van der Waals surface area contributed by atoms with Gasteiger partial charge in [-0.3, -0.25) is 9.59 Å². The molecule has 3 aromatic rings. The van der Waals surface area contributed by atoms with Crippen LogP contribution in [0, 0.1) is 0 Å². The molecule has 1 amide bonds. The van der Waals surface area contributed by atoms with Crippen molar-refractivity contribution in [1.29, 1.82) is 0 Å². The van der Waals surface area contributed by atoms with E-state index in [0.717, 1.165) is 4.88 Å². The Hall–Kier alpha value is -3.03. The number of amides is 1. The molecule has 1 aromatic carbocycles. The van der Waals surface area contributed by atoms with Crippen molar-refractivity contribution in [3.8, 4) is 0 Å². The van der Waals surface area contributed by atoms with Gasteiger partial charge in [0.15, 0.2) is 6.61 Å². The molecule has 0 radical (unpaired) electrons. The molecule has 5 nitrogen and oxygen atoms in total. The van der Waals surface area contributed by atoms with E-state index in [-0.39, 0.29) is 23.9 Å². The van der Waals surface area contributed by atoms with E-state index in [1.807, 2.05) is 17.5 Å². The Kier molecular flexibility index (Phi) is 6.30. The summed E-state index contributed by atoms with van der Waals surface area (Å²) in [5.74, 6) is -1.30. The zero-order chi connectivity index (χ0) is 19.1. The maximum atomic E-state index is 12.3. The van der Waals surface area contributed by atoms with Crippen LogP contribution < -0.4 is 5.32 Å². The highest BCUT2D eigenvalue weighted by atomic mass is 32.1. The first-order valence-corrected chi connectivity index (χ1v) is 9.75. The highest BCUT2D eigenvalue weighted by Crippen LogP contribution is 2.17. The van der Waals surface area contributed by atoms with Crippen molar-refractivity contribution in [3.05, 3.63) is 80.7 Å². The number of esters is 1. The number of ketones is 1. The first kappa shape index (κ1) is 18.8. The average molecular weight is 397 g/mol. The monoisotopic (exact) mass is 397 g/mol. The van der Waals surface area contributed by atoms with Crippen LogP contribution in [0.1, 0.15) is 24.9 Å². The van der Waals surface area contributed by atoms with Crippen LogP contribution in [-0.2, 0) is 9.53 Å². The summed E-state index contributed by atoms with van der Waals surface area (Å²) in [6.45, 7) is -0.347. The van der Waals surface area contributed by atoms with Crippen LogP contribution in [0.4, 0.5) is 5.69 Å². The summed E-state index contributed by atoms with van der Waals surface area (Å²) in [5.41, 5.74) is 0.515. The lowest BCUT2D eigenvalue weighted by atomic mass is 10.1. The number of anilines is 1. The van der Waals surface area contributed by atoms with Crippen LogP contribution in [-0.4, -0.2) is 24.3 Å². The third-order valence-corrected chi connectivity index (χ3v) is 5.23. The number of ether oxygens (including phenoxy) is 1. The molecule has 0 unspecified atom stereocenters. The quantitative estimate of drug-likeness (QED) is 0.362. The van der Waals surface area contributed by atoms with E-state index in [4.69, 9.17) is 4.74 Å². The maximum absolute atomic E-state index is 12.3. The molecule has 7 heteroatoms. The van der Waals surface area contributed by atoms with E-state index in [0.29, 0.717) is 10.6 Å². The summed E-state index contributed by atoms with van der Waals surface area (Å²) < 4.78 is 5.11. The van der Waals surface area contributed by atoms with Gasteiger partial charge in [-0.05, 0) is 41.1 Å². The predicted octanol–water partition coefficient (Wildman–Crippen LogP) is 4.50.